The van der Waals surface area contributed by atoms with E-state index in [0.717, 1.165) is 64.4 Å². The second-order valence-electron chi connectivity index (χ2n) is 7.84. The summed E-state index contributed by atoms with van der Waals surface area (Å²) < 4.78 is 11.7. The van der Waals surface area contributed by atoms with E-state index < -0.39 is 0 Å². The van der Waals surface area contributed by atoms with Crippen LogP contribution >= 0.6 is 34.7 Å². The fraction of sp³-hybridized carbons (Fsp3) is 0.417. The van der Waals surface area contributed by atoms with Gasteiger partial charge in [0, 0.05) is 48.3 Å². The number of thiazole rings is 1. The number of anilines is 1. The second-order valence-corrected chi connectivity index (χ2v) is 10.5. The highest BCUT2D eigenvalue weighted by atomic mass is 35.5. The molecule has 2 aromatic carbocycles. The van der Waals surface area contributed by atoms with Gasteiger partial charge in [-0.1, -0.05) is 22.9 Å². The van der Waals surface area contributed by atoms with Gasteiger partial charge in [-0.25, -0.2) is 4.98 Å². The number of ether oxygens (including phenoxy) is 2. The number of benzene rings is 2. The zero-order valence-corrected chi connectivity index (χ0v) is 21.3. The lowest BCUT2D eigenvalue weighted by atomic mass is 10.2. The number of halogens is 1. The average molecular weight is 506 g/mol. The fourth-order valence-corrected chi connectivity index (χ4v) is 6.02. The van der Waals surface area contributed by atoms with E-state index in [1.54, 1.807) is 18.9 Å². The van der Waals surface area contributed by atoms with Crippen LogP contribution < -0.4 is 9.64 Å². The first-order chi connectivity index (χ1) is 16.0. The molecule has 1 fully saturated rings. The highest BCUT2D eigenvalue weighted by molar-refractivity contribution is 7.99. The Morgan fingerprint density at radius 2 is 2.03 bits per heavy atom. The van der Waals surface area contributed by atoms with Gasteiger partial charge < -0.3 is 9.47 Å². The molecule has 4 rings (SSSR count). The Balaban J connectivity index is 1.46. The maximum Gasteiger partial charge on any atom is 0.229 e. The SMILES string of the molecule is COc1ccc(SCCC(=O)N(CCN2CCOCC2)c2nc3c(C)cc(Cl)cc3s2)cc1. The summed E-state index contributed by atoms with van der Waals surface area (Å²) in [5.74, 6) is 1.62. The summed E-state index contributed by atoms with van der Waals surface area (Å²) in [7, 11) is 1.66. The van der Waals surface area contributed by atoms with E-state index in [2.05, 4.69) is 4.90 Å². The molecule has 0 bridgehead atoms. The maximum atomic E-state index is 13.3. The van der Waals surface area contributed by atoms with E-state index in [0.29, 0.717) is 23.7 Å². The molecule has 33 heavy (non-hydrogen) atoms. The van der Waals surface area contributed by atoms with Gasteiger partial charge in [0.1, 0.15) is 5.75 Å². The molecule has 9 heteroatoms. The minimum Gasteiger partial charge on any atom is -0.497 e. The van der Waals surface area contributed by atoms with Crippen LogP contribution in [0.3, 0.4) is 0 Å². The number of nitrogens with zero attached hydrogens (tertiary/aromatic N) is 3. The van der Waals surface area contributed by atoms with E-state index in [9.17, 15) is 4.79 Å². The minimum atomic E-state index is 0.0899. The van der Waals surface area contributed by atoms with Crippen LogP contribution in [0, 0.1) is 6.92 Å². The Hall–Kier alpha value is -1.84. The first kappa shape index (κ1) is 24.3. The van der Waals surface area contributed by atoms with Crippen molar-refractivity contribution in [1.82, 2.24) is 9.88 Å². The molecule has 1 amide bonds. The van der Waals surface area contributed by atoms with Gasteiger partial charge in [0.15, 0.2) is 5.13 Å². The van der Waals surface area contributed by atoms with Gasteiger partial charge in [-0.3, -0.25) is 14.6 Å². The van der Waals surface area contributed by atoms with Gasteiger partial charge in [0.25, 0.3) is 0 Å². The number of morpholine rings is 1. The normalized spacial score (nSPS) is 14.5. The van der Waals surface area contributed by atoms with E-state index in [-0.39, 0.29) is 5.91 Å². The molecular weight excluding hydrogens is 478 g/mol. The molecule has 0 atom stereocenters. The first-order valence-electron chi connectivity index (χ1n) is 11.0. The number of carbonyl (C=O) groups is 1. The molecule has 1 aliphatic heterocycles. The highest BCUT2D eigenvalue weighted by Crippen LogP contribution is 2.33. The van der Waals surface area contributed by atoms with Crippen LogP contribution in [0.25, 0.3) is 10.2 Å². The predicted octanol–water partition coefficient (Wildman–Crippen LogP) is 5.11. The molecule has 0 aliphatic carbocycles. The molecule has 0 unspecified atom stereocenters. The number of methoxy groups -OCH3 is 1. The van der Waals surface area contributed by atoms with Crippen molar-refractivity contribution in [2.24, 2.45) is 0 Å². The summed E-state index contributed by atoms with van der Waals surface area (Å²) in [6.07, 6.45) is 0.440. The molecule has 6 nitrogen and oxygen atoms in total. The number of amides is 1. The van der Waals surface area contributed by atoms with Gasteiger partial charge in [-0.2, -0.15) is 0 Å². The highest BCUT2D eigenvalue weighted by Gasteiger charge is 2.22. The molecule has 0 radical (unpaired) electrons. The van der Waals surface area contributed by atoms with Crippen LogP contribution in [0.5, 0.6) is 5.75 Å². The fourth-order valence-electron chi connectivity index (χ4n) is 3.71. The molecule has 0 saturated carbocycles. The van der Waals surface area contributed by atoms with Crippen molar-refractivity contribution >= 4 is 56.0 Å². The molecule has 0 spiro atoms. The van der Waals surface area contributed by atoms with Gasteiger partial charge in [0.05, 0.1) is 30.5 Å². The van der Waals surface area contributed by atoms with E-state index in [1.165, 1.54) is 11.3 Å². The van der Waals surface area contributed by atoms with Crippen LogP contribution in [0.1, 0.15) is 12.0 Å². The number of thioether (sulfide) groups is 1. The van der Waals surface area contributed by atoms with Gasteiger partial charge >= 0.3 is 0 Å². The Labute approximate surface area is 207 Å². The van der Waals surface area contributed by atoms with Crippen molar-refractivity contribution in [3.05, 3.63) is 47.0 Å². The third kappa shape index (κ3) is 6.39. The van der Waals surface area contributed by atoms with Gasteiger partial charge in [-0.05, 0) is 48.9 Å². The molecule has 1 aromatic heterocycles. The Morgan fingerprint density at radius 1 is 1.27 bits per heavy atom. The number of carbonyl (C=O) groups excluding carboxylic acids is 1. The molecule has 3 aromatic rings. The van der Waals surface area contributed by atoms with E-state index >= 15 is 0 Å². The summed E-state index contributed by atoms with van der Waals surface area (Å²) in [5, 5.41) is 1.43. The van der Waals surface area contributed by atoms with Crippen LogP contribution in [0.15, 0.2) is 41.3 Å². The zero-order chi connectivity index (χ0) is 23.2. The van der Waals surface area contributed by atoms with Crippen molar-refractivity contribution in [3.8, 4) is 5.75 Å². The zero-order valence-electron chi connectivity index (χ0n) is 18.9. The quantitative estimate of drug-likeness (QED) is 0.376. The van der Waals surface area contributed by atoms with Gasteiger partial charge in [0.2, 0.25) is 5.91 Å². The topological polar surface area (TPSA) is 54.9 Å². The standard InChI is InChI=1S/C24H28ClN3O3S2/c1-17-15-18(25)16-21-23(17)26-24(33-21)28(9-8-27-10-12-31-13-11-27)22(29)7-14-32-20-5-3-19(30-2)4-6-20/h3-6,15-16H,7-14H2,1-2H3. The number of aryl methyl sites for hydroxylation is 1. The van der Waals surface area contributed by atoms with E-state index in [4.69, 9.17) is 26.1 Å². The van der Waals surface area contributed by atoms with Crippen LogP contribution in [-0.4, -0.2) is 68.0 Å². The largest absolute Gasteiger partial charge is 0.497 e. The molecule has 1 aliphatic rings. The summed E-state index contributed by atoms with van der Waals surface area (Å²) in [5.41, 5.74) is 1.94. The van der Waals surface area contributed by atoms with Crippen molar-refractivity contribution < 1.29 is 14.3 Å². The summed E-state index contributed by atoms with van der Waals surface area (Å²) in [6, 6.07) is 11.8. The lowest BCUT2D eigenvalue weighted by Gasteiger charge is -2.29. The number of hydrogen-bond acceptors (Lipinski definition) is 7. The summed E-state index contributed by atoms with van der Waals surface area (Å²) >= 11 is 9.45. The lowest BCUT2D eigenvalue weighted by molar-refractivity contribution is -0.118. The molecule has 2 heterocycles. The Bertz CT molecular complexity index is 1080. The molecule has 0 N–H and O–H groups in total. The average Bonchev–Trinajstić information content (AvgIpc) is 3.24. The number of aromatic nitrogens is 1. The monoisotopic (exact) mass is 505 g/mol. The summed E-state index contributed by atoms with van der Waals surface area (Å²) in [4.78, 5) is 23.5. The maximum absolute atomic E-state index is 13.3. The second kappa shape index (κ2) is 11.5. The minimum absolute atomic E-state index is 0.0899. The predicted molar refractivity (Wildman–Crippen MR) is 137 cm³/mol. The number of fused-ring (bicyclic) bond motifs is 1. The third-order valence-corrected chi connectivity index (χ3v) is 7.82. The first-order valence-corrected chi connectivity index (χ1v) is 13.2. The smallest absolute Gasteiger partial charge is 0.229 e. The van der Waals surface area contributed by atoms with Crippen molar-refractivity contribution in [1.29, 1.82) is 0 Å². The van der Waals surface area contributed by atoms with Crippen LogP contribution in [0.2, 0.25) is 5.02 Å². The van der Waals surface area contributed by atoms with Gasteiger partial charge in [-0.15, -0.1) is 11.8 Å². The van der Waals surface area contributed by atoms with Crippen molar-refractivity contribution in [3.63, 3.8) is 0 Å². The summed E-state index contributed by atoms with van der Waals surface area (Å²) in [6.45, 7) is 6.68. The van der Waals surface area contributed by atoms with E-state index in [1.807, 2.05) is 48.2 Å². The molecular formula is C24H28ClN3O3S2. The van der Waals surface area contributed by atoms with Crippen molar-refractivity contribution in [2.75, 3.05) is 57.2 Å². The number of hydrogen-bond donors (Lipinski definition) is 0. The number of rotatable bonds is 9. The van der Waals surface area contributed by atoms with Crippen LogP contribution in [0.4, 0.5) is 5.13 Å². The Morgan fingerprint density at radius 3 is 2.76 bits per heavy atom. The molecule has 1 saturated heterocycles. The van der Waals surface area contributed by atoms with Crippen LogP contribution in [-0.2, 0) is 9.53 Å². The third-order valence-electron chi connectivity index (χ3n) is 5.56. The lowest BCUT2D eigenvalue weighted by Crippen LogP contribution is -2.43. The van der Waals surface area contributed by atoms with Crippen molar-refractivity contribution in [2.45, 2.75) is 18.2 Å². The molecule has 176 valence electrons. The Kier molecular flexibility index (Phi) is 8.49.